The molecule has 0 saturated heterocycles. The van der Waals surface area contributed by atoms with Crippen molar-refractivity contribution < 1.29 is 4.18 Å². The average molecular weight is 223 g/mol. The van der Waals surface area contributed by atoms with Gasteiger partial charge >= 0.3 is 0 Å². The summed E-state index contributed by atoms with van der Waals surface area (Å²) >= 11 is 11.3. The minimum Gasteiger partial charge on any atom is -0.435 e. The first kappa shape index (κ1) is 9.90. The van der Waals surface area contributed by atoms with Crippen LogP contribution in [-0.2, 0) is 0 Å². The number of thiol groups is 1. The summed E-state index contributed by atoms with van der Waals surface area (Å²) in [6.07, 6.45) is 0. The Hall–Kier alpha value is -0.180. The topological polar surface area (TPSA) is 9.23 Å². The van der Waals surface area contributed by atoms with E-state index in [2.05, 4.69) is 0 Å². The lowest BCUT2D eigenvalue weighted by atomic mass is 10.2. The number of hydrogen-bond donors (Lipinski definition) is 1. The van der Waals surface area contributed by atoms with Gasteiger partial charge in [0.2, 0.25) is 0 Å². The summed E-state index contributed by atoms with van der Waals surface area (Å²) in [7, 11) is 0. The highest BCUT2D eigenvalue weighted by molar-refractivity contribution is 7.99. The molecule has 0 spiro atoms. The van der Waals surface area contributed by atoms with E-state index in [1.807, 2.05) is 31.2 Å². The summed E-state index contributed by atoms with van der Waals surface area (Å²) in [5, 5.41) is 0. The Balaban J connectivity index is 2.65. The normalized spacial score (nSPS) is 9.58. The van der Waals surface area contributed by atoms with Gasteiger partial charge in [0, 0.05) is 11.6 Å². The number of rotatable bonds is 2. The van der Waals surface area contributed by atoms with Crippen molar-refractivity contribution in [2.24, 2.45) is 0 Å². The second-order valence-corrected chi connectivity index (χ2v) is 4.52. The van der Waals surface area contributed by atoms with Gasteiger partial charge in [-0.25, -0.2) is 0 Å². The maximum atomic E-state index is 5.40. The van der Waals surface area contributed by atoms with E-state index in [1.165, 1.54) is 5.56 Å². The van der Waals surface area contributed by atoms with Gasteiger partial charge in [0.05, 0.1) is 0 Å². The number of halogens is 2. The van der Waals surface area contributed by atoms with Gasteiger partial charge in [0.1, 0.15) is 5.75 Å². The van der Waals surface area contributed by atoms with Crippen molar-refractivity contribution in [3.05, 3.63) is 29.8 Å². The quantitative estimate of drug-likeness (QED) is 0.459. The van der Waals surface area contributed by atoms with Crippen LogP contribution in [0.4, 0.5) is 0 Å². The molecule has 0 N–H and O–H groups in total. The van der Waals surface area contributed by atoms with Crippen molar-refractivity contribution in [1.82, 2.24) is 0 Å². The van der Waals surface area contributed by atoms with Crippen molar-refractivity contribution in [1.29, 1.82) is 0 Å². The average Bonchev–Trinajstić information content (AvgIpc) is 2.03. The van der Waals surface area contributed by atoms with E-state index >= 15 is 0 Å². The highest BCUT2D eigenvalue weighted by atomic mass is 35.5. The first-order chi connectivity index (χ1) is 5.68. The summed E-state index contributed by atoms with van der Waals surface area (Å²) in [6, 6.07) is 7.68. The first-order valence-electron chi connectivity index (χ1n) is 3.31. The largest absolute Gasteiger partial charge is 0.435 e. The van der Waals surface area contributed by atoms with Crippen LogP contribution in [0.3, 0.4) is 0 Å². The van der Waals surface area contributed by atoms with Crippen LogP contribution in [0.1, 0.15) is 5.56 Å². The van der Waals surface area contributed by atoms with E-state index in [4.69, 9.17) is 27.4 Å². The Kier molecular flexibility index (Phi) is 3.92. The Morgan fingerprint density at radius 2 is 1.83 bits per heavy atom. The lowest BCUT2D eigenvalue weighted by molar-refractivity contribution is 0.656. The van der Waals surface area contributed by atoms with Crippen molar-refractivity contribution in [2.45, 2.75) is 6.92 Å². The molecule has 1 nitrogen and oxygen atoms in total. The predicted molar refractivity (Wildman–Crippen MR) is 57.5 cm³/mol. The Morgan fingerprint density at radius 3 is 2.33 bits per heavy atom. The standard InChI is InChI=1S/C8H8Cl2OS/c1-6-2-4-7(5-3-6)11-12-8(9)10/h2-5,12H,1H3. The molecule has 0 aliphatic rings. The maximum absolute atomic E-state index is 5.40. The van der Waals surface area contributed by atoms with Gasteiger partial charge in [-0.05, 0) is 19.1 Å². The molecule has 0 radical (unpaired) electrons. The van der Waals surface area contributed by atoms with Crippen LogP contribution in [0.15, 0.2) is 24.3 Å². The van der Waals surface area contributed by atoms with E-state index < -0.39 is 0 Å². The van der Waals surface area contributed by atoms with Crippen LogP contribution in [-0.4, -0.2) is 3.78 Å². The van der Waals surface area contributed by atoms with Gasteiger partial charge in [0.25, 0.3) is 0 Å². The molecular weight excluding hydrogens is 215 g/mol. The molecule has 1 aromatic rings. The van der Waals surface area contributed by atoms with E-state index in [-0.39, 0.29) is 3.78 Å². The molecule has 1 aromatic carbocycles. The fourth-order valence-corrected chi connectivity index (χ4v) is 1.19. The fourth-order valence-electron chi connectivity index (χ4n) is 0.686. The SMILES string of the molecule is Cc1ccc(O[SH]=C(Cl)Cl)cc1. The molecule has 0 unspecified atom stereocenters. The molecule has 0 saturated carbocycles. The van der Waals surface area contributed by atoms with E-state index in [9.17, 15) is 0 Å². The van der Waals surface area contributed by atoms with Gasteiger partial charge in [-0.3, -0.25) is 0 Å². The van der Waals surface area contributed by atoms with Gasteiger partial charge < -0.3 is 4.18 Å². The Morgan fingerprint density at radius 1 is 1.25 bits per heavy atom. The monoisotopic (exact) mass is 222 g/mol. The molecule has 4 heteroatoms. The molecule has 0 aliphatic heterocycles. The highest BCUT2D eigenvalue weighted by Gasteiger charge is 1.90. The van der Waals surface area contributed by atoms with Crippen molar-refractivity contribution in [3.63, 3.8) is 0 Å². The minimum absolute atomic E-state index is 0.204. The molecule has 0 aliphatic carbocycles. The molecule has 66 valence electrons. The summed E-state index contributed by atoms with van der Waals surface area (Å²) in [4.78, 5) is 0. The zero-order valence-corrected chi connectivity index (χ0v) is 8.83. The van der Waals surface area contributed by atoms with Gasteiger partial charge in [-0.1, -0.05) is 40.9 Å². The molecule has 12 heavy (non-hydrogen) atoms. The van der Waals surface area contributed by atoms with Gasteiger partial charge in [0.15, 0.2) is 3.78 Å². The van der Waals surface area contributed by atoms with Crippen molar-refractivity contribution in [3.8, 4) is 5.75 Å². The fraction of sp³-hybridized carbons (Fsp3) is 0.125. The lowest BCUT2D eigenvalue weighted by Crippen LogP contribution is -1.78. The molecule has 0 fully saturated rings. The van der Waals surface area contributed by atoms with Crippen LogP contribution >= 0.6 is 34.8 Å². The van der Waals surface area contributed by atoms with E-state index in [1.54, 1.807) is 0 Å². The molecule has 0 bridgehead atoms. The smallest absolute Gasteiger partial charge is 0.163 e. The predicted octanol–water partition coefficient (Wildman–Crippen LogP) is 3.32. The summed E-state index contributed by atoms with van der Waals surface area (Å²) in [6.45, 7) is 2.02. The van der Waals surface area contributed by atoms with Gasteiger partial charge in [-0.15, -0.1) is 0 Å². The second-order valence-electron chi connectivity index (χ2n) is 2.24. The molecule has 1 rings (SSSR count). The van der Waals surface area contributed by atoms with Crippen LogP contribution in [0.2, 0.25) is 0 Å². The second kappa shape index (κ2) is 4.75. The number of hydrogen-bond acceptors (Lipinski definition) is 1. The zero-order chi connectivity index (χ0) is 8.97. The van der Waals surface area contributed by atoms with Crippen LogP contribution in [0, 0.1) is 6.92 Å². The highest BCUT2D eigenvalue weighted by Crippen LogP contribution is 2.15. The van der Waals surface area contributed by atoms with Crippen LogP contribution < -0.4 is 4.18 Å². The number of aryl methyl sites for hydroxylation is 1. The van der Waals surface area contributed by atoms with Crippen LogP contribution in [0.25, 0.3) is 0 Å². The van der Waals surface area contributed by atoms with Crippen LogP contribution in [0.5, 0.6) is 5.75 Å². The van der Waals surface area contributed by atoms with Gasteiger partial charge in [-0.2, -0.15) is 0 Å². The third-order valence-corrected chi connectivity index (χ3v) is 2.10. The van der Waals surface area contributed by atoms with E-state index in [0.29, 0.717) is 11.6 Å². The molecule has 0 amide bonds. The number of benzene rings is 1. The Bertz CT molecular complexity index is 278. The minimum atomic E-state index is 0.204. The van der Waals surface area contributed by atoms with Crippen molar-refractivity contribution in [2.75, 3.05) is 0 Å². The first-order valence-corrected chi connectivity index (χ1v) is 4.88. The molecule has 0 heterocycles. The summed E-state index contributed by atoms with van der Waals surface area (Å²) < 4.78 is 5.40. The van der Waals surface area contributed by atoms with E-state index in [0.717, 1.165) is 5.75 Å². The lowest BCUT2D eigenvalue weighted by Gasteiger charge is -1.99. The van der Waals surface area contributed by atoms with Crippen molar-refractivity contribution >= 4 is 38.6 Å². The summed E-state index contributed by atoms with van der Waals surface area (Å²) in [5.41, 5.74) is 1.19. The third kappa shape index (κ3) is 3.48. The third-order valence-electron chi connectivity index (χ3n) is 1.24. The Labute approximate surface area is 85.4 Å². The molecular formula is C8H8Cl2OS. The molecule has 0 aromatic heterocycles. The maximum Gasteiger partial charge on any atom is 0.163 e. The summed E-state index contributed by atoms with van der Waals surface area (Å²) in [5.74, 6) is 0.765. The zero-order valence-electron chi connectivity index (χ0n) is 6.42. The molecule has 0 atom stereocenters.